The SMILES string of the molecule is CCOC(=O)[C@H]1CC[C@@]2(CCC(=O)N2)CC1. The monoisotopic (exact) mass is 225 g/mol. The molecule has 4 heteroatoms. The highest BCUT2D eigenvalue weighted by molar-refractivity contribution is 5.79. The van der Waals surface area contributed by atoms with E-state index in [-0.39, 0.29) is 23.3 Å². The van der Waals surface area contributed by atoms with Crippen LogP contribution in [0.4, 0.5) is 0 Å². The van der Waals surface area contributed by atoms with Crippen molar-refractivity contribution in [2.45, 2.75) is 51.0 Å². The average Bonchev–Trinajstić information content (AvgIpc) is 2.61. The molecule has 0 aromatic carbocycles. The zero-order valence-corrected chi connectivity index (χ0v) is 9.75. The van der Waals surface area contributed by atoms with E-state index in [1.807, 2.05) is 6.92 Å². The van der Waals surface area contributed by atoms with E-state index in [1.165, 1.54) is 0 Å². The van der Waals surface area contributed by atoms with Crippen LogP contribution in [0.3, 0.4) is 0 Å². The maximum atomic E-state index is 11.6. The lowest BCUT2D eigenvalue weighted by atomic mass is 9.76. The van der Waals surface area contributed by atoms with Crippen molar-refractivity contribution in [3.05, 3.63) is 0 Å². The van der Waals surface area contributed by atoms with Gasteiger partial charge in [0, 0.05) is 12.0 Å². The topological polar surface area (TPSA) is 55.4 Å². The van der Waals surface area contributed by atoms with Crippen LogP contribution in [0.15, 0.2) is 0 Å². The third kappa shape index (κ3) is 2.20. The van der Waals surface area contributed by atoms with E-state index in [4.69, 9.17) is 4.74 Å². The van der Waals surface area contributed by atoms with E-state index < -0.39 is 0 Å². The van der Waals surface area contributed by atoms with Gasteiger partial charge in [-0.1, -0.05) is 0 Å². The zero-order valence-electron chi connectivity index (χ0n) is 9.75. The van der Waals surface area contributed by atoms with Gasteiger partial charge in [0.05, 0.1) is 12.5 Å². The molecule has 1 saturated heterocycles. The third-order valence-electron chi connectivity index (χ3n) is 3.80. The van der Waals surface area contributed by atoms with Crippen molar-refractivity contribution in [2.75, 3.05) is 6.61 Å². The quantitative estimate of drug-likeness (QED) is 0.722. The van der Waals surface area contributed by atoms with E-state index in [1.54, 1.807) is 0 Å². The number of hydrogen-bond acceptors (Lipinski definition) is 3. The number of carbonyl (C=O) groups is 2. The van der Waals surface area contributed by atoms with Crippen molar-refractivity contribution >= 4 is 11.9 Å². The highest BCUT2D eigenvalue weighted by Crippen LogP contribution is 2.38. The van der Waals surface area contributed by atoms with Crippen LogP contribution in [0.5, 0.6) is 0 Å². The standard InChI is InChI=1S/C12H19NO3/c1-2-16-11(15)9-3-6-12(7-4-9)8-5-10(14)13-12/h9H,2-8H2,1H3,(H,13,14)/t9-,12-. The average molecular weight is 225 g/mol. The predicted octanol–water partition coefficient (Wildman–Crippen LogP) is 1.39. The summed E-state index contributed by atoms with van der Waals surface area (Å²) in [6, 6.07) is 0. The van der Waals surface area contributed by atoms with E-state index in [0.717, 1.165) is 32.1 Å². The molecule has 1 amide bonds. The van der Waals surface area contributed by atoms with Crippen LogP contribution in [0.1, 0.15) is 45.4 Å². The molecule has 0 atom stereocenters. The fourth-order valence-corrected chi connectivity index (χ4v) is 2.81. The van der Waals surface area contributed by atoms with Crippen molar-refractivity contribution < 1.29 is 14.3 Å². The molecule has 1 saturated carbocycles. The number of amides is 1. The number of ether oxygens (including phenoxy) is 1. The molecular formula is C12H19NO3. The fourth-order valence-electron chi connectivity index (χ4n) is 2.81. The molecule has 0 aromatic heterocycles. The van der Waals surface area contributed by atoms with Crippen molar-refractivity contribution in [1.82, 2.24) is 5.32 Å². The van der Waals surface area contributed by atoms with Gasteiger partial charge in [-0.25, -0.2) is 0 Å². The van der Waals surface area contributed by atoms with Crippen molar-refractivity contribution in [3.63, 3.8) is 0 Å². The van der Waals surface area contributed by atoms with Crippen LogP contribution in [-0.2, 0) is 14.3 Å². The van der Waals surface area contributed by atoms with Crippen molar-refractivity contribution in [1.29, 1.82) is 0 Å². The van der Waals surface area contributed by atoms with Gasteiger partial charge in [-0.2, -0.15) is 0 Å². The number of rotatable bonds is 2. The summed E-state index contributed by atoms with van der Waals surface area (Å²) < 4.78 is 5.03. The molecule has 0 bridgehead atoms. The van der Waals surface area contributed by atoms with Gasteiger partial charge in [-0.15, -0.1) is 0 Å². The van der Waals surface area contributed by atoms with Crippen LogP contribution in [0.2, 0.25) is 0 Å². The Morgan fingerprint density at radius 2 is 2.12 bits per heavy atom. The zero-order chi connectivity index (χ0) is 11.6. The number of nitrogens with one attached hydrogen (secondary N) is 1. The maximum absolute atomic E-state index is 11.6. The Morgan fingerprint density at radius 3 is 2.62 bits per heavy atom. The highest BCUT2D eigenvalue weighted by atomic mass is 16.5. The molecule has 2 rings (SSSR count). The lowest BCUT2D eigenvalue weighted by molar-refractivity contribution is -0.149. The Morgan fingerprint density at radius 1 is 1.44 bits per heavy atom. The molecule has 0 unspecified atom stereocenters. The summed E-state index contributed by atoms with van der Waals surface area (Å²) in [4.78, 5) is 22.8. The van der Waals surface area contributed by atoms with Crippen LogP contribution < -0.4 is 5.32 Å². The Balaban J connectivity index is 1.87. The van der Waals surface area contributed by atoms with Gasteiger partial charge >= 0.3 is 5.97 Å². The van der Waals surface area contributed by atoms with Gasteiger partial charge in [0.25, 0.3) is 0 Å². The Labute approximate surface area is 95.7 Å². The first-order valence-electron chi connectivity index (χ1n) is 6.13. The van der Waals surface area contributed by atoms with E-state index in [0.29, 0.717) is 13.0 Å². The molecule has 1 spiro atoms. The summed E-state index contributed by atoms with van der Waals surface area (Å²) in [6.45, 7) is 2.29. The second-order valence-corrected chi connectivity index (χ2v) is 4.85. The second kappa shape index (κ2) is 4.44. The van der Waals surface area contributed by atoms with Gasteiger partial charge in [-0.05, 0) is 39.0 Å². The van der Waals surface area contributed by atoms with Crippen LogP contribution in [0, 0.1) is 5.92 Å². The summed E-state index contributed by atoms with van der Waals surface area (Å²) in [5, 5.41) is 3.07. The summed E-state index contributed by atoms with van der Waals surface area (Å²) in [5.41, 5.74) is 0.0000774. The number of esters is 1. The summed E-state index contributed by atoms with van der Waals surface area (Å²) in [7, 11) is 0. The van der Waals surface area contributed by atoms with Crippen molar-refractivity contribution in [3.8, 4) is 0 Å². The first-order valence-corrected chi connectivity index (χ1v) is 6.13. The van der Waals surface area contributed by atoms with Crippen LogP contribution >= 0.6 is 0 Å². The molecule has 2 aliphatic rings. The maximum Gasteiger partial charge on any atom is 0.308 e. The first kappa shape index (κ1) is 11.4. The smallest absolute Gasteiger partial charge is 0.308 e. The third-order valence-corrected chi connectivity index (χ3v) is 3.80. The Hall–Kier alpha value is -1.06. The van der Waals surface area contributed by atoms with E-state index in [9.17, 15) is 9.59 Å². The van der Waals surface area contributed by atoms with E-state index >= 15 is 0 Å². The molecular weight excluding hydrogens is 206 g/mol. The summed E-state index contributed by atoms with van der Waals surface area (Å²) in [6.07, 6.45) is 5.11. The lowest BCUT2D eigenvalue weighted by Crippen LogP contribution is -2.45. The van der Waals surface area contributed by atoms with Gasteiger partial charge < -0.3 is 10.1 Å². The van der Waals surface area contributed by atoms with Gasteiger partial charge in [0.1, 0.15) is 0 Å². The Kier molecular flexibility index (Phi) is 3.17. The number of carbonyl (C=O) groups excluding carboxylic acids is 2. The summed E-state index contributed by atoms with van der Waals surface area (Å²) >= 11 is 0. The van der Waals surface area contributed by atoms with Crippen LogP contribution in [-0.4, -0.2) is 24.0 Å². The summed E-state index contributed by atoms with van der Waals surface area (Å²) in [5.74, 6) is 0.138. The molecule has 2 fully saturated rings. The molecule has 0 aromatic rings. The first-order chi connectivity index (χ1) is 7.65. The largest absolute Gasteiger partial charge is 0.466 e. The molecule has 1 heterocycles. The molecule has 4 nitrogen and oxygen atoms in total. The van der Waals surface area contributed by atoms with E-state index in [2.05, 4.69) is 5.32 Å². The predicted molar refractivity (Wildman–Crippen MR) is 58.7 cm³/mol. The minimum Gasteiger partial charge on any atom is -0.466 e. The molecule has 1 aliphatic heterocycles. The Bertz CT molecular complexity index is 293. The minimum atomic E-state index is -0.0679. The molecule has 1 aliphatic carbocycles. The normalized spacial score (nSPS) is 33.8. The van der Waals surface area contributed by atoms with Crippen LogP contribution in [0.25, 0.3) is 0 Å². The fraction of sp³-hybridized carbons (Fsp3) is 0.833. The highest BCUT2D eigenvalue weighted by Gasteiger charge is 2.42. The lowest BCUT2D eigenvalue weighted by Gasteiger charge is -2.36. The van der Waals surface area contributed by atoms with Gasteiger partial charge in [0.15, 0.2) is 0 Å². The van der Waals surface area contributed by atoms with Gasteiger partial charge in [0.2, 0.25) is 5.91 Å². The number of hydrogen-bond donors (Lipinski definition) is 1. The second-order valence-electron chi connectivity index (χ2n) is 4.85. The minimum absolute atomic E-state index is 0.0000774. The molecule has 16 heavy (non-hydrogen) atoms. The van der Waals surface area contributed by atoms with Gasteiger partial charge in [-0.3, -0.25) is 9.59 Å². The van der Waals surface area contributed by atoms with Crippen molar-refractivity contribution in [2.24, 2.45) is 5.92 Å². The molecule has 1 N–H and O–H groups in total. The molecule has 0 radical (unpaired) electrons. The molecule has 90 valence electrons.